The molecule has 1 saturated carbocycles. The topological polar surface area (TPSA) is 78.2 Å². The first-order chi connectivity index (χ1) is 4.96. The van der Waals surface area contributed by atoms with Gasteiger partial charge in [0.2, 0.25) is 0 Å². The van der Waals surface area contributed by atoms with Gasteiger partial charge in [-0.25, -0.2) is 8.42 Å². The highest BCUT2D eigenvalue weighted by Gasteiger charge is 2.60. The fourth-order valence-corrected chi connectivity index (χ4v) is 2.70. The highest BCUT2D eigenvalue weighted by molar-refractivity contribution is 7.91. The second-order valence-corrected chi connectivity index (χ2v) is 5.18. The van der Waals surface area contributed by atoms with Crippen LogP contribution in [0.5, 0.6) is 0 Å². The fourth-order valence-electron chi connectivity index (χ4n) is 1.15. The van der Waals surface area contributed by atoms with Crippen LogP contribution in [0, 0.1) is 16.7 Å². The Morgan fingerprint density at radius 1 is 1.82 bits per heavy atom. The molecule has 0 radical (unpaired) electrons. The van der Waals surface area contributed by atoms with E-state index in [1.807, 2.05) is 6.07 Å². The summed E-state index contributed by atoms with van der Waals surface area (Å²) in [5.41, 5.74) is -0.992. The Morgan fingerprint density at radius 2 is 2.36 bits per heavy atom. The maximum absolute atomic E-state index is 10.9. The van der Waals surface area contributed by atoms with Gasteiger partial charge in [-0.05, 0) is 6.42 Å². The molecule has 0 spiro atoms. The lowest BCUT2D eigenvalue weighted by Crippen LogP contribution is -2.16. The lowest BCUT2D eigenvalue weighted by Gasteiger charge is -2.00. The first-order valence-electron chi connectivity index (χ1n) is 3.17. The summed E-state index contributed by atoms with van der Waals surface area (Å²) in [6.45, 7) is -0.360. The van der Waals surface area contributed by atoms with Gasteiger partial charge < -0.3 is 5.11 Å². The van der Waals surface area contributed by atoms with Gasteiger partial charge in [0.15, 0.2) is 9.84 Å². The Kier molecular flexibility index (Phi) is 1.69. The van der Waals surface area contributed by atoms with Crippen molar-refractivity contribution in [1.29, 1.82) is 5.26 Å². The molecule has 1 rings (SSSR count). The van der Waals surface area contributed by atoms with E-state index in [1.54, 1.807) is 0 Å². The van der Waals surface area contributed by atoms with Crippen LogP contribution in [0.15, 0.2) is 0 Å². The van der Waals surface area contributed by atoms with Crippen LogP contribution >= 0.6 is 0 Å². The summed E-state index contributed by atoms with van der Waals surface area (Å²) in [5.74, 6) is 0. The SMILES string of the molecule is CS(=O)(=O)C1CC1(C#N)CO. The zero-order chi connectivity index (χ0) is 8.70. The molecule has 0 saturated heterocycles. The zero-order valence-electron chi connectivity index (χ0n) is 6.11. The summed E-state index contributed by atoms with van der Waals surface area (Å²) in [5, 5.41) is 16.6. The molecule has 2 unspecified atom stereocenters. The van der Waals surface area contributed by atoms with Gasteiger partial charge in [-0.2, -0.15) is 5.26 Å². The van der Waals surface area contributed by atoms with E-state index >= 15 is 0 Å². The van der Waals surface area contributed by atoms with Crippen molar-refractivity contribution in [1.82, 2.24) is 0 Å². The van der Waals surface area contributed by atoms with Gasteiger partial charge in [0, 0.05) is 6.26 Å². The minimum atomic E-state index is -3.14. The summed E-state index contributed by atoms with van der Waals surface area (Å²) in [6, 6.07) is 1.83. The molecule has 0 aromatic rings. The van der Waals surface area contributed by atoms with Crippen molar-refractivity contribution in [2.75, 3.05) is 12.9 Å². The van der Waals surface area contributed by atoms with Crippen molar-refractivity contribution in [3.8, 4) is 6.07 Å². The molecule has 4 nitrogen and oxygen atoms in total. The molecule has 11 heavy (non-hydrogen) atoms. The second kappa shape index (κ2) is 2.19. The Labute approximate surface area is 65.4 Å². The monoisotopic (exact) mass is 175 g/mol. The Balaban J connectivity index is 2.84. The van der Waals surface area contributed by atoms with Gasteiger partial charge >= 0.3 is 0 Å². The number of nitriles is 1. The van der Waals surface area contributed by atoms with Crippen molar-refractivity contribution in [2.45, 2.75) is 11.7 Å². The van der Waals surface area contributed by atoms with Crippen LogP contribution in [-0.2, 0) is 9.84 Å². The number of sulfone groups is 1. The van der Waals surface area contributed by atoms with E-state index in [0.717, 1.165) is 6.26 Å². The van der Waals surface area contributed by atoms with E-state index in [0.29, 0.717) is 0 Å². The maximum atomic E-state index is 10.9. The summed E-state index contributed by atoms with van der Waals surface area (Å²) in [7, 11) is -3.14. The number of aliphatic hydroxyl groups excluding tert-OH is 1. The number of nitrogens with zero attached hydrogens (tertiary/aromatic N) is 1. The molecule has 1 aliphatic rings. The van der Waals surface area contributed by atoms with Crippen LogP contribution in [0.2, 0.25) is 0 Å². The Morgan fingerprint density at radius 3 is 2.45 bits per heavy atom. The standard InChI is InChI=1S/C6H9NO3S/c1-11(9,10)5-2-6(5,3-7)4-8/h5,8H,2,4H2,1H3. The van der Waals surface area contributed by atoms with Crippen molar-refractivity contribution in [2.24, 2.45) is 5.41 Å². The van der Waals surface area contributed by atoms with Crippen molar-refractivity contribution in [3.05, 3.63) is 0 Å². The minimum absolute atomic E-state index is 0.277. The quantitative estimate of drug-likeness (QED) is 0.602. The predicted octanol–water partition coefficient (Wildman–Crippen LogP) is -0.694. The van der Waals surface area contributed by atoms with Gasteiger partial charge in [-0.3, -0.25) is 0 Å². The summed E-state index contributed by atoms with van der Waals surface area (Å²) in [6.07, 6.45) is 1.37. The molecule has 0 bridgehead atoms. The third kappa shape index (κ3) is 1.24. The minimum Gasteiger partial charge on any atom is -0.395 e. The molecule has 0 aliphatic heterocycles. The first kappa shape index (κ1) is 8.50. The van der Waals surface area contributed by atoms with Crippen LogP contribution in [0.1, 0.15) is 6.42 Å². The van der Waals surface area contributed by atoms with Crippen LogP contribution < -0.4 is 0 Å². The van der Waals surface area contributed by atoms with E-state index < -0.39 is 20.5 Å². The molecule has 2 atom stereocenters. The zero-order valence-corrected chi connectivity index (χ0v) is 6.93. The molecular formula is C6H9NO3S. The Hall–Kier alpha value is -0.600. The summed E-state index contributed by atoms with van der Waals surface area (Å²) in [4.78, 5) is 0. The molecule has 1 aliphatic carbocycles. The number of hydrogen-bond donors (Lipinski definition) is 1. The second-order valence-electron chi connectivity index (χ2n) is 2.95. The predicted molar refractivity (Wildman–Crippen MR) is 38.4 cm³/mol. The highest BCUT2D eigenvalue weighted by atomic mass is 32.2. The third-order valence-corrected chi connectivity index (χ3v) is 3.68. The molecule has 62 valence electrons. The van der Waals surface area contributed by atoms with E-state index in [4.69, 9.17) is 10.4 Å². The molecule has 1 N–H and O–H groups in total. The average Bonchev–Trinajstić information content (AvgIpc) is 2.61. The van der Waals surface area contributed by atoms with Crippen LogP contribution in [0.25, 0.3) is 0 Å². The van der Waals surface area contributed by atoms with Crippen LogP contribution in [-0.4, -0.2) is 31.6 Å². The average molecular weight is 175 g/mol. The number of rotatable bonds is 2. The van der Waals surface area contributed by atoms with Gasteiger partial charge in [0.05, 0.1) is 23.3 Å². The van der Waals surface area contributed by atoms with Gasteiger partial charge in [-0.15, -0.1) is 0 Å². The number of hydrogen-bond acceptors (Lipinski definition) is 4. The van der Waals surface area contributed by atoms with E-state index in [2.05, 4.69) is 0 Å². The first-order valence-corrected chi connectivity index (χ1v) is 5.13. The normalized spacial score (nSPS) is 36.3. The molecule has 0 heterocycles. The van der Waals surface area contributed by atoms with Crippen molar-refractivity contribution in [3.63, 3.8) is 0 Å². The molecular weight excluding hydrogens is 166 g/mol. The number of aliphatic hydroxyl groups is 1. The lowest BCUT2D eigenvalue weighted by molar-refractivity contribution is 0.246. The third-order valence-electron chi connectivity index (χ3n) is 2.03. The Bertz CT molecular complexity index is 302. The molecule has 5 heteroatoms. The van der Waals surface area contributed by atoms with Gasteiger partial charge in [0.25, 0.3) is 0 Å². The lowest BCUT2D eigenvalue weighted by atomic mass is 10.2. The largest absolute Gasteiger partial charge is 0.395 e. The van der Waals surface area contributed by atoms with Crippen LogP contribution in [0.3, 0.4) is 0 Å². The van der Waals surface area contributed by atoms with Crippen molar-refractivity contribution >= 4 is 9.84 Å². The van der Waals surface area contributed by atoms with Gasteiger partial charge in [-0.1, -0.05) is 0 Å². The smallest absolute Gasteiger partial charge is 0.152 e. The molecule has 1 fully saturated rings. The summed E-state index contributed by atoms with van der Waals surface area (Å²) < 4.78 is 21.7. The molecule has 0 amide bonds. The van der Waals surface area contributed by atoms with Crippen LogP contribution in [0.4, 0.5) is 0 Å². The van der Waals surface area contributed by atoms with E-state index in [9.17, 15) is 8.42 Å². The molecule has 0 aromatic carbocycles. The van der Waals surface area contributed by atoms with E-state index in [-0.39, 0.29) is 13.0 Å². The van der Waals surface area contributed by atoms with Crippen molar-refractivity contribution < 1.29 is 13.5 Å². The maximum Gasteiger partial charge on any atom is 0.152 e. The van der Waals surface area contributed by atoms with E-state index in [1.165, 1.54) is 0 Å². The molecule has 0 aromatic heterocycles. The van der Waals surface area contributed by atoms with Gasteiger partial charge in [0.1, 0.15) is 0 Å². The highest BCUT2D eigenvalue weighted by Crippen LogP contribution is 2.49. The summed E-state index contributed by atoms with van der Waals surface area (Å²) >= 11 is 0. The fraction of sp³-hybridized carbons (Fsp3) is 0.833.